The molecule has 3 aliphatic rings. The largest absolute Gasteiger partial charge is 0.493 e. The molecule has 3 N–H and O–H groups in total. The number of carbonyl (C=O) groups is 2. The molecule has 3 aliphatic heterocycles. The quantitative estimate of drug-likeness (QED) is 0.105. The molecule has 4 aromatic rings. The highest BCUT2D eigenvalue weighted by Crippen LogP contribution is 2.41. The summed E-state index contributed by atoms with van der Waals surface area (Å²) in [7, 11) is -0.563. The van der Waals surface area contributed by atoms with Gasteiger partial charge in [-0.1, -0.05) is 41.4 Å². The zero-order chi connectivity index (χ0) is 38.7. The molecular formula is C38H41Cl2N4O9S+. The van der Waals surface area contributed by atoms with Crippen LogP contribution >= 0.6 is 23.2 Å². The van der Waals surface area contributed by atoms with Gasteiger partial charge in [-0.25, -0.2) is 18.0 Å². The molecule has 16 heteroatoms. The number of nitrogens with one attached hydrogen (secondary N) is 1. The molecule has 7 rings (SSSR count). The molecule has 13 nitrogen and oxygen atoms in total. The number of fused-ring (bicyclic) bond motifs is 3. The van der Waals surface area contributed by atoms with Crippen molar-refractivity contribution in [2.24, 2.45) is 5.92 Å². The number of methoxy groups -OCH3 is 2. The molecular weight excluding hydrogens is 759 g/mol. The van der Waals surface area contributed by atoms with Gasteiger partial charge in [-0.2, -0.15) is 0 Å². The normalized spacial score (nSPS) is 18.4. The highest BCUT2D eigenvalue weighted by atomic mass is 35.5. The second-order valence-electron chi connectivity index (χ2n) is 13.4. The maximum atomic E-state index is 14.3. The predicted octanol–water partition coefficient (Wildman–Crippen LogP) is 6.22. The van der Waals surface area contributed by atoms with Crippen LogP contribution in [0.4, 0.5) is 16.2 Å². The van der Waals surface area contributed by atoms with Crippen molar-refractivity contribution in [3.05, 3.63) is 111 Å². The fraction of sp³-hybridized carbons (Fsp3) is 0.342. The Hall–Kier alpha value is -4.76. The minimum Gasteiger partial charge on any atom is -0.493 e. The first-order chi connectivity index (χ1) is 25.7. The number of piperidine rings is 3. The number of nitrogens with zero attached hydrogens (tertiary/aromatic N) is 3. The monoisotopic (exact) mass is 799 g/mol. The zero-order valence-corrected chi connectivity index (χ0v) is 32.2. The molecule has 0 spiro atoms. The average molecular weight is 801 g/mol. The van der Waals surface area contributed by atoms with E-state index < -0.39 is 28.0 Å². The summed E-state index contributed by atoms with van der Waals surface area (Å²) < 4.78 is 44.4. The van der Waals surface area contributed by atoms with Crippen LogP contribution in [0, 0.1) is 5.92 Å². The Kier molecular flexibility index (Phi) is 11.8. The number of amides is 1. The summed E-state index contributed by atoms with van der Waals surface area (Å²) in [6.07, 6.45) is 4.58. The molecule has 0 saturated carbocycles. The van der Waals surface area contributed by atoms with Crippen LogP contribution in [0.15, 0.2) is 73.1 Å². The molecule has 3 saturated heterocycles. The van der Waals surface area contributed by atoms with Gasteiger partial charge >= 0.3 is 12.1 Å². The molecule has 286 valence electrons. The minimum atomic E-state index is -3.56. The number of pyridine rings is 1. The lowest BCUT2D eigenvalue weighted by molar-refractivity contribution is -0.904. The van der Waals surface area contributed by atoms with Gasteiger partial charge < -0.3 is 19.3 Å². The van der Waals surface area contributed by atoms with Crippen molar-refractivity contribution in [1.82, 2.24) is 4.90 Å². The molecule has 3 aromatic carbocycles. The highest BCUT2D eigenvalue weighted by Gasteiger charge is 2.38. The molecule has 0 aliphatic carbocycles. The Bertz CT molecular complexity index is 2120. The van der Waals surface area contributed by atoms with Crippen LogP contribution in [-0.2, 0) is 27.7 Å². The molecule has 1 aromatic heterocycles. The van der Waals surface area contributed by atoms with Gasteiger partial charge in [0.05, 0.1) is 32.6 Å². The number of benzene rings is 3. The van der Waals surface area contributed by atoms with E-state index in [4.69, 9.17) is 37.4 Å². The molecule has 3 fully saturated rings. The fourth-order valence-electron chi connectivity index (χ4n) is 7.34. The second kappa shape index (κ2) is 16.3. The summed E-state index contributed by atoms with van der Waals surface area (Å²) in [5, 5.41) is 21.1. The standard InChI is InChI=1S/C38H40Cl2N4O9S/c1-51-33-12-7-24(17-34(33)52-2)29(18-30-31(39)20-43(48)21-32(30)40)36-25(5-4-6-28(36)37(45)46)19-44(27-10-8-26(9-11-27)41-54(3,49)50)38(47)53-35-22-42-15-13-23(35)14-16-42/h4-12,17,20-21,23,29,35,41H,13-16,18-19,22H2,1-3H3,(H-,45,46,48)/p+1/t29-,35-/m0/s1. The van der Waals surface area contributed by atoms with E-state index in [9.17, 15) is 28.3 Å². The summed E-state index contributed by atoms with van der Waals surface area (Å²) in [6.45, 7) is 2.41. The highest BCUT2D eigenvalue weighted by molar-refractivity contribution is 7.92. The number of carboxylic acid groups (broad SMARTS) is 1. The fourth-order valence-corrected chi connectivity index (χ4v) is 8.51. The number of carboxylic acids is 1. The van der Waals surface area contributed by atoms with Crippen LogP contribution in [0.3, 0.4) is 0 Å². The number of halogens is 2. The predicted molar refractivity (Wildman–Crippen MR) is 203 cm³/mol. The molecule has 0 unspecified atom stereocenters. The van der Waals surface area contributed by atoms with Gasteiger partial charge in [-0.3, -0.25) is 19.7 Å². The van der Waals surface area contributed by atoms with E-state index in [1.54, 1.807) is 54.6 Å². The van der Waals surface area contributed by atoms with E-state index in [0.717, 1.165) is 36.9 Å². The van der Waals surface area contributed by atoms with Gasteiger partial charge in [0.15, 0.2) is 11.5 Å². The Morgan fingerprint density at radius 1 is 1.00 bits per heavy atom. The first kappa shape index (κ1) is 38.9. The van der Waals surface area contributed by atoms with Gasteiger partial charge in [0.2, 0.25) is 22.4 Å². The third-order valence-corrected chi connectivity index (χ3v) is 11.2. The van der Waals surface area contributed by atoms with Crippen molar-refractivity contribution in [3.8, 4) is 11.5 Å². The summed E-state index contributed by atoms with van der Waals surface area (Å²) >= 11 is 13.3. The number of sulfonamides is 1. The Morgan fingerprint density at radius 2 is 1.67 bits per heavy atom. The van der Waals surface area contributed by atoms with Crippen molar-refractivity contribution < 1.29 is 47.3 Å². The summed E-state index contributed by atoms with van der Waals surface area (Å²) in [6, 6.07) is 16.4. The topological polar surface area (TPSA) is 159 Å². The lowest BCUT2D eigenvalue weighted by Gasteiger charge is -2.44. The van der Waals surface area contributed by atoms with E-state index in [-0.39, 0.29) is 40.6 Å². The van der Waals surface area contributed by atoms with Crippen LogP contribution in [0.25, 0.3) is 0 Å². The molecule has 4 heterocycles. The molecule has 2 bridgehead atoms. The molecule has 2 atom stereocenters. The number of aromatic nitrogens is 1. The van der Waals surface area contributed by atoms with Gasteiger partial charge in [0.1, 0.15) is 16.1 Å². The third-order valence-electron chi connectivity index (χ3n) is 9.94. The zero-order valence-electron chi connectivity index (χ0n) is 29.9. The number of carbonyl (C=O) groups excluding carboxylic acids is 1. The lowest BCUT2D eigenvalue weighted by atomic mass is 9.80. The smallest absolute Gasteiger partial charge is 0.414 e. The van der Waals surface area contributed by atoms with Gasteiger partial charge in [-0.15, -0.1) is 0 Å². The number of hydrogen-bond acceptors (Lipinski definition) is 9. The van der Waals surface area contributed by atoms with Crippen molar-refractivity contribution in [3.63, 3.8) is 0 Å². The Labute approximate surface area is 323 Å². The van der Waals surface area contributed by atoms with Crippen LogP contribution < -0.4 is 23.8 Å². The van der Waals surface area contributed by atoms with E-state index in [0.29, 0.717) is 51.7 Å². The Morgan fingerprint density at radius 3 is 2.24 bits per heavy atom. The third kappa shape index (κ3) is 8.78. The van der Waals surface area contributed by atoms with Crippen LogP contribution in [-0.4, -0.2) is 81.9 Å². The number of anilines is 2. The van der Waals surface area contributed by atoms with Crippen LogP contribution in [0.1, 0.15) is 51.4 Å². The van der Waals surface area contributed by atoms with E-state index >= 15 is 0 Å². The maximum absolute atomic E-state index is 14.3. The minimum absolute atomic E-state index is 0.0221. The molecule has 1 amide bonds. The summed E-state index contributed by atoms with van der Waals surface area (Å²) in [5.41, 5.74) is 2.62. The molecule has 0 radical (unpaired) electrons. The number of rotatable bonds is 13. The van der Waals surface area contributed by atoms with E-state index in [1.165, 1.54) is 37.6 Å². The van der Waals surface area contributed by atoms with Gasteiger partial charge in [0.25, 0.3) is 0 Å². The SMILES string of the molecule is COc1ccc([C@H](Cc2c(Cl)c[n+](O)cc2Cl)c2c(CN(C(=O)O[C@H]3CN4CCC3CC4)c3ccc(NS(C)(=O)=O)cc3)cccc2C(=O)O)cc1OC. The first-order valence-corrected chi connectivity index (χ1v) is 19.8. The van der Waals surface area contributed by atoms with E-state index in [1.807, 2.05) is 0 Å². The summed E-state index contributed by atoms with van der Waals surface area (Å²) in [4.78, 5) is 31.0. The first-order valence-electron chi connectivity index (χ1n) is 17.2. The summed E-state index contributed by atoms with van der Waals surface area (Å²) in [5.74, 6) is -0.857. The Balaban J connectivity index is 1.49. The number of hydrogen-bond donors (Lipinski definition) is 3. The maximum Gasteiger partial charge on any atom is 0.414 e. The van der Waals surface area contributed by atoms with Crippen molar-refractivity contribution in [2.45, 2.75) is 37.8 Å². The van der Waals surface area contributed by atoms with Crippen molar-refractivity contribution in [2.75, 3.05) is 49.7 Å². The van der Waals surface area contributed by atoms with E-state index in [2.05, 4.69) is 9.62 Å². The van der Waals surface area contributed by atoms with Crippen molar-refractivity contribution >= 4 is 56.7 Å². The van der Waals surface area contributed by atoms with Crippen molar-refractivity contribution in [1.29, 1.82) is 0 Å². The average Bonchev–Trinajstić information content (AvgIpc) is 3.13. The van der Waals surface area contributed by atoms with Gasteiger partial charge in [0, 0.05) is 34.1 Å². The number of aromatic carboxylic acids is 1. The lowest BCUT2D eigenvalue weighted by Crippen LogP contribution is -2.53. The number of ether oxygens (including phenoxy) is 3. The van der Waals surface area contributed by atoms with Crippen LogP contribution in [0.2, 0.25) is 10.0 Å². The molecule has 54 heavy (non-hydrogen) atoms. The second-order valence-corrected chi connectivity index (χ2v) is 16.0. The van der Waals surface area contributed by atoms with Crippen LogP contribution in [0.5, 0.6) is 11.5 Å². The van der Waals surface area contributed by atoms with Gasteiger partial charge in [-0.05, 0) is 97.4 Å².